The van der Waals surface area contributed by atoms with Gasteiger partial charge in [-0.15, -0.1) is 6.42 Å². The first-order valence-corrected chi connectivity index (χ1v) is 5.75. The Balaban J connectivity index is 2.82. The van der Waals surface area contributed by atoms with E-state index < -0.39 is 0 Å². The van der Waals surface area contributed by atoms with Crippen LogP contribution in [0.25, 0.3) is 0 Å². The number of carbonyl (C=O) groups is 1. The molecule has 1 aromatic heterocycles. The molecule has 1 heterocycles. The van der Waals surface area contributed by atoms with Gasteiger partial charge >= 0.3 is 0 Å². The number of hydrogen-bond donors (Lipinski definition) is 1. The summed E-state index contributed by atoms with van der Waals surface area (Å²) in [5.74, 6) is 2.26. The largest absolute Gasteiger partial charge is 0.398 e. The Labute approximate surface area is 106 Å². The van der Waals surface area contributed by atoms with Crippen molar-refractivity contribution in [3.05, 3.63) is 28.7 Å². The third-order valence-electron chi connectivity index (χ3n) is 2.44. The van der Waals surface area contributed by atoms with Crippen molar-refractivity contribution in [3.8, 4) is 12.3 Å². The maximum atomic E-state index is 12.0. The Morgan fingerprint density at radius 2 is 2.28 bits per heavy atom. The van der Waals surface area contributed by atoms with Gasteiger partial charge in [-0.25, -0.2) is 0 Å². The number of nitrogens with zero attached hydrogens (tertiary/aromatic N) is 2. The highest BCUT2D eigenvalue weighted by Crippen LogP contribution is 1.99. The molecule has 1 aromatic rings. The fourth-order valence-electron chi connectivity index (χ4n) is 1.59. The van der Waals surface area contributed by atoms with Crippen molar-refractivity contribution in [2.75, 3.05) is 18.8 Å². The molecule has 0 unspecified atom stereocenters. The van der Waals surface area contributed by atoms with Gasteiger partial charge in [0.1, 0.15) is 6.54 Å². The Morgan fingerprint density at radius 1 is 1.56 bits per heavy atom. The molecule has 0 saturated heterocycles. The molecule has 0 aliphatic rings. The van der Waals surface area contributed by atoms with E-state index >= 15 is 0 Å². The summed E-state index contributed by atoms with van der Waals surface area (Å²) >= 11 is 0. The molecule has 18 heavy (non-hydrogen) atoms. The molecule has 5 heteroatoms. The van der Waals surface area contributed by atoms with Gasteiger partial charge < -0.3 is 15.2 Å². The molecule has 0 saturated carbocycles. The quantitative estimate of drug-likeness (QED) is 0.761. The van der Waals surface area contributed by atoms with Crippen molar-refractivity contribution in [1.82, 2.24) is 9.47 Å². The lowest BCUT2D eigenvalue weighted by Gasteiger charge is -2.19. The highest BCUT2D eigenvalue weighted by Gasteiger charge is 2.12. The number of carbonyl (C=O) groups excluding carboxylic acids is 1. The van der Waals surface area contributed by atoms with Crippen molar-refractivity contribution >= 4 is 11.6 Å². The summed E-state index contributed by atoms with van der Waals surface area (Å²) in [7, 11) is 0. The van der Waals surface area contributed by atoms with Crippen LogP contribution in [0, 0.1) is 12.3 Å². The molecule has 0 spiro atoms. The van der Waals surface area contributed by atoms with Crippen LogP contribution in [-0.4, -0.2) is 28.5 Å². The zero-order valence-corrected chi connectivity index (χ0v) is 10.4. The van der Waals surface area contributed by atoms with Crippen molar-refractivity contribution < 1.29 is 4.79 Å². The van der Waals surface area contributed by atoms with Crippen LogP contribution in [0.15, 0.2) is 23.1 Å². The highest BCUT2D eigenvalue weighted by atomic mass is 16.2. The van der Waals surface area contributed by atoms with Crippen LogP contribution >= 0.6 is 0 Å². The van der Waals surface area contributed by atoms with Crippen molar-refractivity contribution in [1.29, 1.82) is 0 Å². The second-order valence-electron chi connectivity index (χ2n) is 3.95. The van der Waals surface area contributed by atoms with E-state index in [0.717, 1.165) is 6.42 Å². The summed E-state index contributed by atoms with van der Waals surface area (Å²) in [6, 6.07) is 2.85. The number of aromatic nitrogens is 1. The fraction of sp³-hybridized carbons (Fsp3) is 0.385. The highest BCUT2D eigenvalue weighted by molar-refractivity contribution is 5.76. The first-order valence-electron chi connectivity index (χ1n) is 5.75. The van der Waals surface area contributed by atoms with E-state index in [4.69, 9.17) is 12.2 Å². The van der Waals surface area contributed by atoms with Gasteiger partial charge in [-0.1, -0.05) is 12.8 Å². The van der Waals surface area contributed by atoms with Crippen molar-refractivity contribution in [2.24, 2.45) is 0 Å². The fourth-order valence-corrected chi connectivity index (χ4v) is 1.59. The summed E-state index contributed by atoms with van der Waals surface area (Å²) in [6.45, 7) is 2.76. The van der Waals surface area contributed by atoms with Gasteiger partial charge in [0.05, 0.1) is 6.54 Å². The normalized spacial score (nSPS) is 9.78. The van der Waals surface area contributed by atoms with Gasteiger partial charge in [-0.2, -0.15) is 0 Å². The zero-order chi connectivity index (χ0) is 13.5. The molecule has 1 rings (SSSR count). The van der Waals surface area contributed by atoms with Gasteiger partial charge in [0, 0.05) is 24.5 Å². The SMILES string of the molecule is C#CCN(CCC)C(=O)Cn1cc(N)ccc1=O. The van der Waals surface area contributed by atoms with Gasteiger partial charge in [0.25, 0.3) is 5.56 Å². The standard InChI is InChI=1S/C13H17N3O2/c1-3-7-15(8-4-2)13(18)10-16-9-11(14)5-6-12(16)17/h1,5-6,9H,4,7-8,10,14H2,2H3. The van der Waals surface area contributed by atoms with E-state index in [0.29, 0.717) is 12.2 Å². The number of nitrogen functional groups attached to an aromatic ring is 1. The summed E-state index contributed by atoms with van der Waals surface area (Å²) in [5, 5.41) is 0. The molecular formula is C13H17N3O2. The predicted octanol–water partition coefficient (Wildman–Crippen LogP) is 0.302. The van der Waals surface area contributed by atoms with Crippen LogP contribution in [0.5, 0.6) is 0 Å². The van der Waals surface area contributed by atoms with Gasteiger partial charge in [-0.05, 0) is 12.5 Å². The molecule has 0 bridgehead atoms. The van der Waals surface area contributed by atoms with E-state index in [1.807, 2.05) is 6.92 Å². The van der Waals surface area contributed by atoms with Crippen LogP contribution in [0.3, 0.4) is 0 Å². The lowest BCUT2D eigenvalue weighted by molar-refractivity contribution is -0.131. The Kier molecular flexibility index (Phi) is 5.00. The van der Waals surface area contributed by atoms with Gasteiger partial charge in [0.2, 0.25) is 5.91 Å². The van der Waals surface area contributed by atoms with Gasteiger partial charge in [-0.3, -0.25) is 9.59 Å². The van der Waals surface area contributed by atoms with E-state index in [1.54, 1.807) is 4.90 Å². The lowest BCUT2D eigenvalue weighted by atomic mass is 10.3. The van der Waals surface area contributed by atoms with Crippen LogP contribution in [-0.2, 0) is 11.3 Å². The third kappa shape index (κ3) is 3.67. The van der Waals surface area contributed by atoms with E-state index in [1.165, 1.54) is 22.9 Å². The molecule has 0 aliphatic carbocycles. The molecule has 0 fully saturated rings. The first-order chi connectivity index (χ1) is 8.58. The number of pyridine rings is 1. The van der Waals surface area contributed by atoms with Crippen LogP contribution in [0.4, 0.5) is 5.69 Å². The molecule has 5 nitrogen and oxygen atoms in total. The maximum Gasteiger partial charge on any atom is 0.251 e. The third-order valence-corrected chi connectivity index (χ3v) is 2.44. The van der Waals surface area contributed by atoms with E-state index in [-0.39, 0.29) is 24.6 Å². The Bertz CT molecular complexity index is 514. The second kappa shape index (κ2) is 6.50. The number of hydrogen-bond acceptors (Lipinski definition) is 3. The number of nitrogens with two attached hydrogens (primary N) is 1. The molecule has 0 radical (unpaired) electrons. The van der Waals surface area contributed by atoms with Crippen LogP contribution in [0.1, 0.15) is 13.3 Å². The molecular weight excluding hydrogens is 230 g/mol. The minimum absolute atomic E-state index is 0.0362. The van der Waals surface area contributed by atoms with Crippen molar-refractivity contribution in [3.63, 3.8) is 0 Å². The molecule has 0 aliphatic heterocycles. The monoisotopic (exact) mass is 247 g/mol. The topological polar surface area (TPSA) is 68.3 Å². The molecule has 0 aromatic carbocycles. The van der Waals surface area contributed by atoms with E-state index in [9.17, 15) is 9.59 Å². The number of amides is 1. The maximum absolute atomic E-state index is 12.0. The van der Waals surface area contributed by atoms with Crippen molar-refractivity contribution in [2.45, 2.75) is 19.9 Å². The first kappa shape index (κ1) is 13.8. The summed E-state index contributed by atoms with van der Waals surface area (Å²) < 4.78 is 1.29. The molecule has 0 atom stereocenters. The van der Waals surface area contributed by atoms with Crippen LogP contribution < -0.4 is 11.3 Å². The summed E-state index contributed by atoms with van der Waals surface area (Å²) in [5.41, 5.74) is 5.77. The number of anilines is 1. The minimum atomic E-state index is -0.255. The lowest BCUT2D eigenvalue weighted by Crippen LogP contribution is -2.37. The number of rotatable bonds is 5. The Hall–Kier alpha value is -2.22. The van der Waals surface area contributed by atoms with E-state index in [2.05, 4.69) is 5.92 Å². The molecule has 96 valence electrons. The average Bonchev–Trinajstić information content (AvgIpc) is 2.33. The Morgan fingerprint density at radius 3 is 2.89 bits per heavy atom. The predicted molar refractivity (Wildman–Crippen MR) is 70.8 cm³/mol. The zero-order valence-electron chi connectivity index (χ0n) is 10.4. The van der Waals surface area contributed by atoms with Gasteiger partial charge in [0.15, 0.2) is 0 Å². The second-order valence-corrected chi connectivity index (χ2v) is 3.95. The molecule has 1 amide bonds. The minimum Gasteiger partial charge on any atom is -0.398 e. The summed E-state index contributed by atoms with van der Waals surface area (Å²) in [6.07, 6.45) is 7.49. The molecule has 2 N–H and O–H groups in total. The smallest absolute Gasteiger partial charge is 0.251 e. The average molecular weight is 247 g/mol. The number of terminal acetylenes is 1. The summed E-state index contributed by atoms with van der Waals surface area (Å²) in [4.78, 5) is 25.1. The van der Waals surface area contributed by atoms with Crippen LogP contribution in [0.2, 0.25) is 0 Å².